The third-order valence-corrected chi connectivity index (χ3v) is 6.86. The molecule has 5 rings (SSSR count). The first-order valence-corrected chi connectivity index (χ1v) is 11.5. The van der Waals surface area contributed by atoms with Crippen LogP contribution in [0.3, 0.4) is 0 Å². The number of nitrogens with zero attached hydrogens (tertiary/aromatic N) is 3. The van der Waals surface area contributed by atoms with Gasteiger partial charge < -0.3 is 20.7 Å². The third-order valence-electron chi connectivity index (χ3n) is 6.86. The lowest BCUT2D eigenvalue weighted by atomic mass is 10.0. The quantitative estimate of drug-likeness (QED) is 0.508. The van der Waals surface area contributed by atoms with Gasteiger partial charge in [0.05, 0.1) is 36.4 Å². The first kappa shape index (κ1) is 22.7. The zero-order valence-corrected chi connectivity index (χ0v) is 19.5. The van der Waals surface area contributed by atoms with Crippen LogP contribution < -0.4 is 16.0 Å². The van der Waals surface area contributed by atoms with Gasteiger partial charge in [-0.1, -0.05) is 0 Å². The summed E-state index contributed by atoms with van der Waals surface area (Å²) < 4.78 is 45.4. The lowest BCUT2D eigenvalue weighted by molar-refractivity contribution is -0.137. The lowest BCUT2D eigenvalue weighted by Crippen LogP contribution is -2.47. The van der Waals surface area contributed by atoms with E-state index in [2.05, 4.69) is 28.3 Å². The number of nitrogen functional groups attached to an aromatic ring is 1. The van der Waals surface area contributed by atoms with Gasteiger partial charge in [-0.25, -0.2) is 9.97 Å². The number of rotatable bonds is 5. The molecule has 1 fully saturated rings. The van der Waals surface area contributed by atoms with E-state index in [9.17, 15) is 13.2 Å². The Morgan fingerprint density at radius 2 is 1.85 bits per heavy atom. The molecule has 2 heterocycles. The number of fused-ring (bicyclic) bond motifs is 3. The van der Waals surface area contributed by atoms with E-state index in [0.717, 1.165) is 48.0 Å². The monoisotopic (exact) mass is 471 g/mol. The predicted octanol–water partition coefficient (Wildman–Crippen LogP) is 5.04. The Hall–Kier alpha value is -3.07. The molecule has 1 atom stereocenters. The molecule has 0 amide bonds. The fourth-order valence-electron chi connectivity index (χ4n) is 4.91. The molecule has 1 aliphatic heterocycles. The highest BCUT2D eigenvalue weighted by molar-refractivity contribution is 5.96. The van der Waals surface area contributed by atoms with E-state index in [4.69, 9.17) is 15.5 Å². The molecule has 3 N–H and O–H groups in total. The molecule has 1 unspecified atom stereocenters. The summed E-state index contributed by atoms with van der Waals surface area (Å²) >= 11 is 0. The summed E-state index contributed by atoms with van der Waals surface area (Å²) in [6.45, 7) is 5.05. The Morgan fingerprint density at radius 3 is 2.53 bits per heavy atom. The molecule has 6 nitrogen and oxygen atoms in total. The lowest BCUT2D eigenvalue weighted by Gasteiger charge is -2.37. The number of aromatic nitrogens is 2. The second kappa shape index (κ2) is 8.30. The van der Waals surface area contributed by atoms with Crippen LogP contribution in [0, 0.1) is 6.92 Å². The second-order valence-electron chi connectivity index (χ2n) is 9.28. The average Bonchev–Trinajstić information content (AvgIpc) is 3.21. The van der Waals surface area contributed by atoms with Gasteiger partial charge in [-0.3, -0.25) is 0 Å². The van der Waals surface area contributed by atoms with Crippen LogP contribution in [-0.2, 0) is 23.8 Å². The molecule has 3 aromatic rings. The van der Waals surface area contributed by atoms with E-state index in [1.807, 2.05) is 13.8 Å². The molecule has 0 radical (unpaired) electrons. The van der Waals surface area contributed by atoms with Crippen LogP contribution in [0.5, 0.6) is 0 Å². The molecule has 1 aliphatic carbocycles. The van der Waals surface area contributed by atoms with Gasteiger partial charge in [-0.2, -0.15) is 13.2 Å². The van der Waals surface area contributed by atoms with Gasteiger partial charge in [0.2, 0.25) is 0 Å². The molecule has 9 heteroatoms. The molecule has 0 spiro atoms. The fourth-order valence-corrected chi connectivity index (χ4v) is 4.91. The van der Waals surface area contributed by atoms with Crippen molar-refractivity contribution in [1.82, 2.24) is 9.97 Å². The van der Waals surface area contributed by atoms with Gasteiger partial charge >= 0.3 is 6.18 Å². The van der Waals surface area contributed by atoms with Gasteiger partial charge in [0.15, 0.2) is 0 Å². The predicted molar refractivity (Wildman–Crippen MR) is 127 cm³/mol. The molecule has 0 saturated carbocycles. The molecular weight excluding hydrogens is 443 g/mol. The van der Waals surface area contributed by atoms with Crippen LogP contribution in [0.25, 0.3) is 10.9 Å². The maximum Gasteiger partial charge on any atom is 0.416 e. The summed E-state index contributed by atoms with van der Waals surface area (Å²) in [7, 11) is 2.09. The topological polar surface area (TPSA) is 76.3 Å². The first-order chi connectivity index (χ1) is 16.1. The highest BCUT2D eigenvalue weighted by atomic mass is 19.4. The molecule has 34 heavy (non-hydrogen) atoms. The van der Waals surface area contributed by atoms with Crippen molar-refractivity contribution in [3.05, 3.63) is 52.3 Å². The summed E-state index contributed by atoms with van der Waals surface area (Å²) in [6.07, 6.45) is -1.44. The Bertz CT molecular complexity index is 1260. The largest absolute Gasteiger partial charge is 0.416 e. The maximum absolute atomic E-state index is 13.3. The van der Waals surface area contributed by atoms with Crippen LogP contribution in [0.1, 0.15) is 47.5 Å². The van der Waals surface area contributed by atoms with E-state index in [-0.39, 0.29) is 5.69 Å². The Kier molecular flexibility index (Phi) is 5.55. The number of nitrogens with one attached hydrogen (secondary N) is 1. The maximum atomic E-state index is 13.3. The standard InChI is InChI=1S/C25H28F3N5O/c1-13(15-7-16(25(26,27)28)9-17(29)8-15)30-24-21-10-22(33(3)18-11-34-12-18)19-5-4-6-20(19)23(21)31-14(2)32-24/h7-10,13,18H,4-6,11-12,29H2,1-3H3,(H,30,31,32). The van der Waals surface area contributed by atoms with Crippen LogP contribution in [0.4, 0.5) is 30.4 Å². The molecule has 1 saturated heterocycles. The smallest absolute Gasteiger partial charge is 0.399 e. The number of benzene rings is 2. The summed E-state index contributed by atoms with van der Waals surface area (Å²) in [4.78, 5) is 11.7. The zero-order chi connectivity index (χ0) is 24.2. The van der Waals surface area contributed by atoms with Gasteiger partial charge in [-0.15, -0.1) is 0 Å². The van der Waals surface area contributed by atoms with Crippen molar-refractivity contribution in [1.29, 1.82) is 0 Å². The van der Waals surface area contributed by atoms with E-state index in [0.29, 0.717) is 36.5 Å². The van der Waals surface area contributed by atoms with Crippen molar-refractivity contribution in [2.45, 2.75) is 51.4 Å². The molecule has 1 aromatic heterocycles. The number of hydrogen-bond donors (Lipinski definition) is 2. The number of halogens is 3. The second-order valence-corrected chi connectivity index (χ2v) is 9.28. The molecule has 2 aromatic carbocycles. The number of ether oxygens (including phenoxy) is 1. The third kappa shape index (κ3) is 4.02. The molecule has 2 aliphatic rings. The summed E-state index contributed by atoms with van der Waals surface area (Å²) in [5.41, 5.74) is 10.2. The van der Waals surface area contributed by atoms with Gasteiger partial charge in [-0.05, 0) is 74.1 Å². The Morgan fingerprint density at radius 1 is 1.12 bits per heavy atom. The fraction of sp³-hybridized carbons (Fsp3) is 0.440. The van der Waals surface area contributed by atoms with Crippen molar-refractivity contribution < 1.29 is 17.9 Å². The number of alkyl halides is 3. The molecular formula is C25H28F3N5O. The minimum atomic E-state index is -4.46. The first-order valence-electron chi connectivity index (χ1n) is 11.5. The van der Waals surface area contributed by atoms with E-state index in [1.165, 1.54) is 11.1 Å². The highest BCUT2D eigenvalue weighted by Gasteiger charge is 2.32. The number of nitrogens with two attached hydrogens (primary N) is 1. The minimum Gasteiger partial charge on any atom is -0.399 e. The van der Waals surface area contributed by atoms with E-state index >= 15 is 0 Å². The number of anilines is 3. The van der Waals surface area contributed by atoms with Crippen molar-refractivity contribution in [2.24, 2.45) is 0 Å². The van der Waals surface area contributed by atoms with Crippen LogP contribution in [0.2, 0.25) is 0 Å². The van der Waals surface area contributed by atoms with Crippen LogP contribution >= 0.6 is 0 Å². The minimum absolute atomic E-state index is 0.0756. The number of aryl methyl sites for hydroxylation is 2. The van der Waals surface area contributed by atoms with Gasteiger partial charge in [0.1, 0.15) is 11.6 Å². The number of likely N-dealkylation sites (N-methyl/N-ethyl adjacent to an activating group) is 1. The van der Waals surface area contributed by atoms with Gasteiger partial charge in [0.25, 0.3) is 0 Å². The summed E-state index contributed by atoms with van der Waals surface area (Å²) in [6, 6.07) is 5.66. The Labute approximate surface area is 196 Å². The average molecular weight is 472 g/mol. The molecule has 180 valence electrons. The SMILES string of the molecule is Cc1nc(NC(C)c2cc(N)cc(C(F)(F)F)c2)c2cc(N(C)C3COC3)c3c(c2n1)CCC3. The van der Waals surface area contributed by atoms with E-state index < -0.39 is 17.8 Å². The summed E-state index contributed by atoms with van der Waals surface area (Å²) in [5, 5.41) is 4.22. The summed E-state index contributed by atoms with van der Waals surface area (Å²) in [5.74, 6) is 1.23. The Balaban J connectivity index is 1.58. The zero-order valence-electron chi connectivity index (χ0n) is 19.5. The molecule has 0 bridgehead atoms. The van der Waals surface area contributed by atoms with Crippen molar-refractivity contribution in [3.63, 3.8) is 0 Å². The number of hydrogen-bond acceptors (Lipinski definition) is 6. The highest BCUT2D eigenvalue weighted by Crippen LogP contribution is 2.40. The van der Waals surface area contributed by atoms with Crippen molar-refractivity contribution >= 4 is 28.1 Å². The van der Waals surface area contributed by atoms with Gasteiger partial charge in [0, 0.05) is 23.8 Å². The normalized spacial score (nSPS) is 16.9. The van der Waals surface area contributed by atoms with E-state index in [1.54, 1.807) is 6.07 Å². The van der Waals surface area contributed by atoms with Crippen LogP contribution in [-0.4, -0.2) is 36.3 Å². The van der Waals surface area contributed by atoms with Crippen molar-refractivity contribution in [3.8, 4) is 0 Å². The van der Waals surface area contributed by atoms with Crippen molar-refractivity contribution in [2.75, 3.05) is 36.2 Å². The van der Waals surface area contributed by atoms with Crippen LogP contribution in [0.15, 0.2) is 24.3 Å².